The molecule has 6 heteroatoms. The molecule has 136 valence electrons. The zero-order chi connectivity index (χ0) is 19.2. The average molecular weight is 371 g/mol. The van der Waals surface area contributed by atoms with Gasteiger partial charge in [-0.2, -0.15) is 12.8 Å². The predicted octanol–water partition coefficient (Wildman–Crippen LogP) is 3.71. The quantitative estimate of drug-likeness (QED) is 0.573. The van der Waals surface area contributed by atoms with E-state index < -0.39 is 16.0 Å². The maximum atomic E-state index is 12.5. The van der Waals surface area contributed by atoms with Crippen LogP contribution in [-0.2, 0) is 19.6 Å². The van der Waals surface area contributed by atoms with Crippen LogP contribution in [0.2, 0.25) is 0 Å². The summed E-state index contributed by atoms with van der Waals surface area (Å²) < 4.78 is 33.6. The van der Waals surface area contributed by atoms with E-state index in [1.165, 1.54) is 18.2 Å². The van der Waals surface area contributed by atoms with Crippen LogP contribution in [0.15, 0.2) is 63.9 Å². The second-order valence-corrected chi connectivity index (χ2v) is 7.33. The SMILES string of the molecule is CCOC(=O)C(/C=C/c1ccc(C)cc1)=N\S(=O)(=O)c1ccc(C)cc1. The number of nitrogens with zero attached hydrogens (tertiary/aromatic N) is 1. The van der Waals surface area contributed by atoms with Crippen LogP contribution in [0, 0.1) is 13.8 Å². The summed E-state index contributed by atoms with van der Waals surface area (Å²) in [5.41, 5.74) is 2.58. The molecule has 2 aromatic rings. The minimum atomic E-state index is -4.01. The van der Waals surface area contributed by atoms with Crippen molar-refractivity contribution < 1.29 is 17.9 Å². The van der Waals surface area contributed by atoms with Crippen LogP contribution in [0.4, 0.5) is 0 Å². The molecule has 0 atom stereocenters. The summed E-state index contributed by atoms with van der Waals surface area (Å²) in [4.78, 5) is 12.1. The van der Waals surface area contributed by atoms with E-state index in [-0.39, 0.29) is 17.2 Å². The van der Waals surface area contributed by atoms with Gasteiger partial charge in [-0.25, -0.2) is 4.79 Å². The van der Waals surface area contributed by atoms with Crippen molar-refractivity contribution in [3.8, 4) is 0 Å². The molecule has 0 spiro atoms. The van der Waals surface area contributed by atoms with Crippen LogP contribution in [-0.4, -0.2) is 26.7 Å². The highest BCUT2D eigenvalue weighted by molar-refractivity contribution is 7.90. The van der Waals surface area contributed by atoms with E-state index in [2.05, 4.69) is 4.40 Å². The Labute approximate surface area is 154 Å². The average Bonchev–Trinajstić information content (AvgIpc) is 2.60. The van der Waals surface area contributed by atoms with Crippen LogP contribution < -0.4 is 0 Å². The fraction of sp³-hybridized carbons (Fsp3) is 0.200. The zero-order valence-electron chi connectivity index (χ0n) is 15.0. The Morgan fingerprint density at radius 1 is 1.00 bits per heavy atom. The Balaban J connectivity index is 2.39. The zero-order valence-corrected chi connectivity index (χ0v) is 15.8. The normalized spacial score (nSPS) is 12.3. The maximum absolute atomic E-state index is 12.5. The maximum Gasteiger partial charge on any atom is 0.357 e. The lowest BCUT2D eigenvalue weighted by molar-refractivity contribution is -0.134. The molecule has 0 aliphatic carbocycles. The first-order valence-corrected chi connectivity index (χ1v) is 9.59. The van der Waals surface area contributed by atoms with Gasteiger partial charge in [0.1, 0.15) is 0 Å². The lowest BCUT2D eigenvalue weighted by Crippen LogP contribution is -2.17. The molecule has 0 fully saturated rings. The first kappa shape index (κ1) is 19.6. The monoisotopic (exact) mass is 371 g/mol. The van der Waals surface area contributed by atoms with Crippen molar-refractivity contribution in [2.24, 2.45) is 4.40 Å². The number of esters is 1. The molecular formula is C20H21NO4S. The molecule has 0 bridgehead atoms. The molecular weight excluding hydrogens is 350 g/mol. The van der Waals surface area contributed by atoms with E-state index in [1.807, 2.05) is 38.1 Å². The predicted molar refractivity (Wildman–Crippen MR) is 103 cm³/mol. The summed E-state index contributed by atoms with van der Waals surface area (Å²) >= 11 is 0. The van der Waals surface area contributed by atoms with Crippen molar-refractivity contribution in [1.29, 1.82) is 0 Å². The van der Waals surface area contributed by atoms with Crippen LogP contribution in [0.25, 0.3) is 6.08 Å². The highest BCUT2D eigenvalue weighted by atomic mass is 32.2. The molecule has 0 amide bonds. The van der Waals surface area contributed by atoms with Crippen LogP contribution in [0.1, 0.15) is 23.6 Å². The van der Waals surface area contributed by atoms with Gasteiger partial charge in [0.2, 0.25) is 0 Å². The minimum Gasteiger partial charge on any atom is -0.461 e. The highest BCUT2D eigenvalue weighted by Crippen LogP contribution is 2.14. The second kappa shape index (κ2) is 8.58. The van der Waals surface area contributed by atoms with Crippen molar-refractivity contribution in [1.82, 2.24) is 0 Å². The van der Waals surface area contributed by atoms with Gasteiger partial charge < -0.3 is 4.74 Å². The summed E-state index contributed by atoms with van der Waals surface area (Å²) in [6.07, 6.45) is 2.98. The van der Waals surface area contributed by atoms with E-state index in [0.29, 0.717) is 0 Å². The number of benzene rings is 2. The smallest absolute Gasteiger partial charge is 0.357 e. The Hall–Kier alpha value is -2.73. The molecule has 2 rings (SSSR count). The number of carbonyl (C=O) groups excluding carboxylic acids is 1. The van der Waals surface area contributed by atoms with Crippen molar-refractivity contribution in [2.45, 2.75) is 25.7 Å². The van der Waals surface area contributed by atoms with Gasteiger partial charge in [0.15, 0.2) is 5.71 Å². The summed E-state index contributed by atoms with van der Waals surface area (Å²) in [6, 6.07) is 13.8. The van der Waals surface area contributed by atoms with Gasteiger partial charge in [-0.3, -0.25) is 0 Å². The second-order valence-electron chi connectivity index (χ2n) is 5.73. The molecule has 5 nitrogen and oxygen atoms in total. The van der Waals surface area contributed by atoms with Crippen molar-refractivity contribution in [3.63, 3.8) is 0 Å². The van der Waals surface area contributed by atoms with Crippen molar-refractivity contribution >= 4 is 27.8 Å². The number of hydrogen-bond acceptors (Lipinski definition) is 4. The van der Waals surface area contributed by atoms with E-state index in [1.54, 1.807) is 25.1 Å². The Morgan fingerprint density at radius 3 is 2.08 bits per heavy atom. The van der Waals surface area contributed by atoms with Gasteiger partial charge in [0, 0.05) is 0 Å². The van der Waals surface area contributed by atoms with E-state index >= 15 is 0 Å². The van der Waals surface area contributed by atoms with Crippen molar-refractivity contribution in [3.05, 3.63) is 71.3 Å². The van der Waals surface area contributed by atoms with Gasteiger partial charge in [-0.15, -0.1) is 0 Å². The Morgan fingerprint density at radius 2 is 1.54 bits per heavy atom. The molecule has 26 heavy (non-hydrogen) atoms. The minimum absolute atomic E-state index is 0.0219. The van der Waals surface area contributed by atoms with Crippen molar-refractivity contribution in [2.75, 3.05) is 6.61 Å². The van der Waals surface area contributed by atoms with Gasteiger partial charge in [0.05, 0.1) is 11.5 Å². The summed E-state index contributed by atoms with van der Waals surface area (Å²) in [5.74, 6) is -0.786. The van der Waals surface area contributed by atoms with Gasteiger partial charge >= 0.3 is 5.97 Å². The number of sulfonamides is 1. The molecule has 0 saturated carbocycles. The summed E-state index contributed by atoms with van der Waals surface area (Å²) in [6.45, 7) is 5.59. The fourth-order valence-electron chi connectivity index (χ4n) is 2.09. The van der Waals surface area contributed by atoms with Crippen LogP contribution >= 0.6 is 0 Å². The third kappa shape index (κ3) is 5.39. The molecule has 0 aromatic heterocycles. The van der Waals surface area contributed by atoms with Crippen LogP contribution in [0.5, 0.6) is 0 Å². The third-order valence-corrected chi connectivity index (χ3v) is 4.84. The highest BCUT2D eigenvalue weighted by Gasteiger charge is 2.18. The molecule has 0 aliphatic heterocycles. The lowest BCUT2D eigenvalue weighted by atomic mass is 10.1. The van der Waals surface area contributed by atoms with E-state index in [0.717, 1.165) is 16.7 Å². The number of carbonyl (C=O) groups is 1. The molecule has 0 radical (unpaired) electrons. The standard InChI is InChI=1S/C20H21NO4S/c1-4-25-20(22)19(14-11-17-9-5-15(2)6-10-17)21-26(23,24)18-12-7-16(3)8-13-18/h5-14H,4H2,1-3H3/b14-11+,21-19-. The number of aryl methyl sites for hydroxylation is 2. The molecule has 0 saturated heterocycles. The van der Waals surface area contributed by atoms with Gasteiger partial charge in [-0.05, 0) is 44.5 Å². The molecule has 0 unspecified atom stereocenters. The number of ether oxygens (including phenoxy) is 1. The number of rotatable bonds is 6. The van der Waals surface area contributed by atoms with E-state index in [9.17, 15) is 13.2 Å². The lowest BCUT2D eigenvalue weighted by Gasteiger charge is -2.04. The summed E-state index contributed by atoms with van der Waals surface area (Å²) in [7, 11) is -4.01. The number of hydrogen-bond donors (Lipinski definition) is 0. The molecule has 0 aliphatic rings. The fourth-order valence-corrected chi connectivity index (χ4v) is 3.07. The molecule has 0 heterocycles. The van der Waals surface area contributed by atoms with Gasteiger partial charge in [0.25, 0.3) is 10.0 Å². The molecule has 2 aromatic carbocycles. The largest absolute Gasteiger partial charge is 0.461 e. The van der Waals surface area contributed by atoms with Gasteiger partial charge in [-0.1, -0.05) is 53.6 Å². The Kier molecular flexibility index (Phi) is 6.46. The topological polar surface area (TPSA) is 72.8 Å². The Bertz CT molecular complexity index is 925. The molecule has 0 N–H and O–H groups in total. The third-order valence-electron chi connectivity index (χ3n) is 3.53. The summed E-state index contributed by atoms with van der Waals surface area (Å²) in [5, 5.41) is 0. The first-order chi connectivity index (χ1) is 12.3. The van der Waals surface area contributed by atoms with E-state index in [4.69, 9.17) is 4.74 Å². The first-order valence-electron chi connectivity index (χ1n) is 8.15. The van der Waals surface area contributed by atoms with Crippen LogP contribution in [0.3, 0.4) is 0 Å².